The predicted octanol–water partition coefficient (Wildman–Crippen LogP) is 2.43. The van der Waals surface area contributed by atoms with Crippen molar-refractivity contribution in [3.8, 4) is 11.8 Å². The number of benzene rings is 1. The molecule has 1 heterocycles. The summed E-state index contributed by atoms with van der Waals surface area (Å²) in [4.78, 5) is 41.5. The number of carbonyl (C=O) groups is 1. The van der Waals surface area contributed by atoms with Crippen LogP contribution in [0.15, 0.2) is 12.1 Å². The first-order valence-electron chi connectivity index (χ1n) is 9.21. The van der Waals surface area contributed by atoms with Gasteiger partial charge in [0, 0.05) is 6.42 Å². The molecule has 1 fully saturated rings. The molecule has 0 bridgehead atoms. The molecule has 1 saturated heterocycles. The largest absolute Gasteiger partial charge is 0.497 e. The summed E-state index contributed by atoms with van der Waals surface area (Å²) in [5.41, 5.74) is -3.00. The summed E-state index contributed by atoms with van der Waals surface area (Å²) >= 11 is 0. The molecule has 1 atom stereocenters. The van der Waals surface area contributed by atoms with Crippen LogP contribution in [-0.4, -0.2) is 56.5 Å². The second-order valence-electron chi connectivity index (χ2n) is 6.31. The number of hydrogen-bond donors (Lipinski definition) is 1. The molecule has 1 N–H and O–H groups in total. The molecule has 0 amide bonds. The van der Waals surface area contributed by atoms with Crippen molar-refractivity contribution in [2.45, 2.75) is 38.6 Å². The number of unbranched alkanes of at least 4 members (excludes halogenated alkanes) is 1. The van der Waals surface area contributed by atoms with Crippen LogP contribution >= 0.6 is 0 Å². The lowest BCUT2D eigenvalue weighted by Gasteiger charge is -2.21. The summed E-state index contributed by atoms with van der Waals surface area (Å²) in [6.07, 6.45) is 3.35. The number of esters is 1. The first kappa shape index (κ1) is 25.2. The van der Waals surface area contributed by atoms with Gasteiger partial charge in [0.15, 0.2) is 0 Å². The van der Waals surface area contributed by atoms with E-state index in [0.29, 0.717) is 25.2 Å². The van der Waals surface area contributed by atoms with Crippen molar-refractivity contribution >= 4 is 23.0 Å². The molecular weight excluding hydrogens is 418 g/mol. The Morgan fingerprint density at radius 2 is 1.81 bits per heavy atom. The van der Waals surface area contributed by atoms with E-state index >= 15 is 0 Å². The van der Waals surface area contributed by atoms with Crippen LogP contribution in [0.4, 0.5) is 17.1 Å². The number of phenols is 1. The van der Waals surface area contributed by atoms with Gasteiger partial charge >= 0.3 is 17.3 Å². The Balaban J connectivity index is 0.000000311. The maximum absolute atomic E-state index is 11.6. The highest BCUT2D eigenvalue weighted by atomic mass is 16.6. The Morgan fingerprint density at radius 3 is 2.26 bits per heavy atom. The van der Waals surface area contributed by atoms with E-state index in [4.69, 9.17) is 15.1 Å². The molecule has 14 nitrogen and oxygen atoms in total. The monoisotopic (exact) mass is 439 g/mol. The maximum atomic E-state index is 11.6. The summed E-state index contributed by atoms with van der Waals surface area (Å²) in [6.45, 7) is 4.06. The fourth-order valence-electron chi connectivity index (χ4n) is 2.93. The lowest BCUT2D eigenvalue weighted by Crippen LogP contribution is -2.37. The molecule has 0 saturated carbocycles. The quantitative estimate of drug-likeness (QED) is 0.269. The highest BCUT2D eigenvalue weighted by molar-refractivity contribution is 5.76. The van der Waals surface area contributed by atoms with E-state index < -0.39 is 37.6 Å². The average Bonchev–Trinajstić information content (AvgIpc) is 3.17. The number of hydrogen-bond acceptors (Lipinski definition) is 11. The summed E-state index contributed by atoms with van der Waals surface area (Å²) in [5.74, 6) is -1.31. The number of nitrogens with zero attached hydrogens (tertiary/aromatic N) is 5. The zero-order valence-corrected chi connectivity index (χ0v) is 16.6. The molecule has 0 aliphatic carbocycles. The fraction of sp³-hybridized carbons (Fsp3) is 0.529. The molecular formula is C17H21N5O9. The van der Waals surface area contributed by atoms with Gasteiger partial charge in [-0.25, -0.2) is 0 Å². The van der Waals surface area contributed by atoms with E-state index in [9.17, 15) is 35.1 Å². The summed E-state index contributed by atoms with van der Waals surface area (Å²) in [5, 5.41) is 48.7. The van der Waals surface area contributed by atoms with E-state index in [2.05, 4.69) is 11.0 Å². The van der Waals surface area contributed by atoms with E-state index in [1.54, 1.807) is 0 Å². The van der Waals surface area contributed by atoms with Crippen molar-refractivity contribution < 1.29 is 29.4 Å². The molecule has 31 heavy (non-hydrogen) atoms. The highest BCUT2D eigenvalue weighted by Crippen LogP contribution is 2.38. The van der Waals surface area contributed by atoms with Gasteiger partial charge in [-0.05, 0) is 39.3 Å². The Morgan fingerprint density at radius 1 is 1.23 bits per heavy atom. The molecule has 168 valence electrons. The van der Waals surface area contributed by atoms with Gasteiger partial charge in [-0.15, -0.1) is 0 Å². The minimum Gasteiger partial charge on any atom is -0.497 e. The highest BCUT2D eigenvalue weighted by Gasteiger charge is 2.31. The lowest BCUT2D eigenvalue weighted by atomic mass is 10.2. The summed E-state index contributed by atoms with van der Waals surface area (Å²) in [7, 11) is 0. The van der Waals surface area contributed by atoms with Crippen LogP contribution in [0, 0.1) is 41.7 Å². The van der Waals surface area contributed by atoms with Gasteiger partial charge in [0.1, 0.15) is 6.04 Å². The number of ether oxygens (including phenoxy) is 1. The number of nitro groups is 3. The third-order valence-electron chi connectivity index (χ3n) is 4.31. The second-order valence-corrected chi connectivity index (χ2v) is 6.31. The summed E-state index contributed by atoms with van der Waals surface area (Å²) in [6, 6.07) is 2.95. The zero-order chi connectivity index (χ0) is 23.6. The van der Waals surface area contributed by atoms with E-state index in [0.717, 1.165) is 32.4 Å². The van der Waals surface area contributed by atoms with Crippen molar-refractivity contribution in [1.29, 1.82) is 5.26 Å². The molecule has 14 heteroatoms. The molecule has 1 aliphatic heterocycles. The van der Waals surface area contributed by atoms with Gasteiger partial charge in [-0.3, -0.25) is 40.0 Å². The van der Waals surface area contributed by atoms with Crippen LogP contribution in [0.5, 0.6) is 5.75 Å². The number of non-ortho nitro benzene ring substituents is 1. The Labute approximate surface area is 176 Å². The Kier molecular flexibility index (Phi) is 9.73. The van der Waals surface area contributed by atoms with Gasteiger partial charge in [0.25, 0.3) is 11.4 Å². The van der Waals surface area contributed by atoms with Crippen molar-refractivity contribution in [2.24, 2.45) is 0 Å². The second kappa shape index (κ2) is 12.0. The van der Waals surface area contributed by atoms with Gasteiger partial charge in [-0.1, -0.05) is 0 Å². The van der Waals surface area contributed by atoms with Crippen molar-refractivity contribution in [3.63, 3.8) is 0 Å². The van der Waals surface area contributed by atoms with Crippen molar-refractivity contribution in [3.05, 3.63) is 42.5 Å². The molecule has 0 radical (unpaired) electrons. The molecule has 1 aromatic carbocycles. The van der Waals surface area contributed by atoms with Crippen LogP contribution in [0.3, 0.4) is 0 Å². The lowest BCUT2D eigenvalue weighted by molar-refractivity contribution is -0.404. The van der Waals surface area contributed by atoms with Crippen LogP contribution in [0.25, 0.3) is 0 Å². The maximum Gasteiger partial charge on any atom is 0.324 e. The number of nitriles is 1. The number of aromatic hydroxyl groups is 1. The molecule has 0 spiro atoms. The minimum absolute atomic E-state index is 0.0661. The molecule has 1 unspecified atom stereocenters. The topological polar surface area (TPSA) is 203 Å². The average molecular weight is 439 g/mol. The smallest absolute Gasteiger partial charge is 0.324 e. The van der Waals surface area contributed by atoms with Gasteiger partial charge < -0.3 is 9.84 Å². The third kappa shape index (κ3) is 7.16. The first-order valence-corrected chi connectivity index (χ1v) is 9.21. The number of likely N-dealkylation sites (tertiary alicyclic amines) is 1. The minimum atomic E-state index is -1.21. The van der Waals surface area contributed by atoms with Crippen LogP contribution in [-0.2, 0) is 9.53 Å². The fourth-order valence-corrected chi connectivity index (χ4v) is 2.93. The molecule has 2 rings (SSSR count). The molecule has 1 aliphatic rings. The van der Waals surface area contributed by atoms with Crippen LogP contribution in [0.2, 0.25) is 0 Å². The Bertz CT molecular complexity index is 848. The number of nitro benzene ring substituents is 3. The number of rotatable bonds is 8. The van der Waals surface area contributed by atoms with Crippen molar-refractivity contribution in [1.82, 2.24) is 4.90 Å². The van der Waals surface area contributed by atoms with Crippen LogP contribution < -0.4 is 0 Å². The predicted molar refractivity (Wildman–Crippen MR) is 104 cm³/mol. The molecule has 1 aromatic rings. The van der Waals surface area contributed by atoms with E-state index in [1.807, 2.05) is 6.92 Å². The first-order chi connectivity index (χ1) is 14.6. The molecule has 0 aromatic heterocycles. The van der Waals surface area contributed by atoms with E-state index in [-0.39, 0.29) is 12.0 Å². The van der Waals surface area contributed by atoms with Gasteiger partial charge in [-0.2, -0.15) is 5.26 Å². The number of phenolic OH excluding ortho intramolecular Hbond substituents is 1. The standard InChI is InChI=1S/C11H18N2O2.C6H3N3O7/c1-2-15-11(14)10-6-5-9-13(10)8-4-3-7-12;10-6-4(8(13)14)1-3(7(11)12)2-5(6)9(15)16/h10H,2-6,8-9H2,1H3;1-2,10H. The van der Waals surface area contributed by atoms with Gasteiger partial charge in [0.05, 0.1) is 39.6 Å². The normalized spacial score (nSPS) is 15.3. The van der Waals surface area contributed by atoms with Crippen molar-refractivity contribution in [2.75, 3.05) is 19.7 Å². The third-order valence-corrected chi connectivity index (χ3v) is 4.31. The SMILES string of the molecule is CCOC(=O)C1CCCN1CCCC#N.O=[N+]([O-])c1cc([N+](=O)[O-])c(O)c([N+](=O)[O-])c1. The Hall–Kier alpha value is -3.86. The van der Waals surface area contributed by atoms with Crippen LogP contribution in [0.1, 0.15) is 32.6 Å². The number of carbonyl (C=O) groups excluding carboxylic acids is 1. The van der Waals surface area contributed by atoms with Gasteiger partial charge in [0.2, 0.25) is 0 Å². The van der Waals surface area contributed by atoms with E-state index in [1.165, 1.54) is 0 Å². The zero-order valence-electron chi connectivity index (χ0n) is 16.6. The summed E-state index contributed by atoms with van der Waals surface area (Å²) < 4.78 is 5.02.